The molecule has 2 N–H and O–H groups in total. The van der Waals surface area contributed by atoms with E-state index in [-0.39, 0.29) is 18.6 Å². The van der Waals surface area contributed by atoms with Crippen molar-refractivity contribution in [2.24, 2.45) is 0 Å². The Kier molecular flexibility index (Phi) is 15.2. The zero-order chi connectivity index (χ0) is 20.1. The molecule has 0 heterocycles. The van der Waals surface area contributed by atoms with Crippen molar-refractivity contribution in [2.75, 3.05) is 41.8 Å². The van der Waals surface area contributed by atoms with Crippen molar-refractivity contribution in [1.29, 1.82) is 0 Å². The van der Waals surface area contributed by atoms with Crippen molar-refractivity contribution in [3.05, 3.63) is 12.2 Å². The minimum absolute atomic E-state index is 0.0694. The molecular weight excluding hydrogens is 314 g/mol. The summed E-state index contributed by atoms with van der Waals surface area (Å²) in [6, 6.07) is 0. The van der Waals surface area contributed by atoms with Gasteiger partial charge in [0.15, 0.2) is 0 Å². The molecule has 0 saturated carbocycles. The number of carbonyl (C=O) groups is 3. The molecule has 1 amide bonds. The topological polar surface area (TPSA) is 110 Å². The summed E-state index contributed by atoms with van der Waals surface area (Å²) in [5, 5.41) is 20.2. The Hall–Kier alpha value is -1.93. The van der Waals surface area contributed by atoms with Crippen LogP contribution in [0.2, 0.25) is 0 Å². The number of amides is 1. The molecule has 8 heteroatoms. The number of nitrogens with zero attached hydrogens (tertiary/aromatic N) is 2. The summed E-state index contributed by atoms with van der Waals surface area (Å²) in [7, 11) is 9.28. The van der Waals surface area contributed by atoms with E-state index in [4.69, 9.17) is 9.90 Å². The van der Waals surface area contributed by atoms with E-state index in [0.717, 1.165) is 13.3 Å². The highest BCUT2D eigenvalue weighted by molar-refractivity contribution is 5.92. The van der Waals surface area contributed by atoms with Crippen LogP contribution in [0.3, 0.4) is 0 Å². The van der Waals surface area contributed by atoms with Gasteiger partial charge in [-0.2, -0.15) is 0 Å². The fourth-order valence-corrected chi connectivity index (χ4v) is 1.26. The Morgan fingerprint density at radius 3 is 1.71 bits per heavy atom. The van der Waals surface area contributed by atoms with Crippen molar-refractivity contribution in [1.82, 2.24) is 10.2 Å². The Balaban J connectivity index is -0.000000316. The second kappa shape index (κ2) is 13.5. The lowest BCUT2D eigenvalue weighted by molar-refractivity contribution is -0.864. The van der Waals surface area contributed by atoms with E-state index >= 15 is 0 Å². The summed E-state index contributed by atoms with van der Waals surface area (Å²) in [6.45, 7) is 8.46. The normalized spacial score (nSPS) is 11.2. The SMILES string of the molecule is C=C(C)C(=O)NC(CC)N(C)C.CC(=O)O.C[N+](C)(C)CC(=O)[O-]. The van der Waals surface area contributed by atoms with E-state index in [1.165, 1.54) is 0 Å². The maximum Gasteiger partial charge on any atom is 0.300 e. The number of carbonyl (C=O) groups excluding carboxylic acids is 2. The van der Waals surface area contributed by atoms with Gasteiger partial charge in [-0.3, -0.25) is 14.5 Å². The number of aliphatic carboxylic acids is 2. The Bertz CT molecular complexity index is 410. The van der Waals surface area contributed by atoms with E-state index in [9.17, 15) is 14.7 Å². The highest BCUT2D eigenvalue weighted by Crippen LogP contribution is 1.96. The molecule has 24 heavy (non-hydrogen) atoms. The molecule has 0 bridgehead atoms. The van der Waals surface area contributed by atoms with Crippen molar-refractivity contribution in [3.8, 4) is 0 Å². The number of likely N-dealkylation sites (N-methyl/N-ethyl adjacent to an activating group) is 1. The fraction of sp³-hybridized carbons (Fsp3) is 0.688. The van der Waals surface area contributed by atoms with Gasteiger partial charge in [0.05, 0.1) is 33.3 Å². The summed E-state index contributed by atoms with van der Waals surface area (Å²) < 4.78 is 0.419. The van der Waals surface area contributed by atoms with Gasteiger partial charge >= 0.3 is 0 Å². The van der Waals surface area contributed by atoms with Gasteiger partial charge in [-0.25, -0.2) is 0 Å². The molecule has 0 aliphatic carbocycles. The second-order valence-electron chi connectivity index (χ2n) is 6.48. The third-order valence-corrected chi connectivity index (χ3v) is 2.30. The maximum atomic E-state index is 11.2. The van der Waals surface area contributed by atoms with E-state index in [0.29, 0.717) is 10.1 Å². The first kappa shape index (κ1) is 26.9. The zero-order valence-electron chi connectivity index (χ0n) is 16.2. The van der Waals surface area contributed by atoms with Crippen molar-refractivity contribution < 1.29 is 29.1 Å². The van der Waals surface area contributed by atoms with Crippen LogP contribution in [0.1, 0.15) is 27.2 Å². The second-order valence-corrected chi connectivity index (χ2v) is 6.48. The number of hydrogen-bond donors (Lipinski definition) is 2. The number of carboxylic acid groups (broad SMARTS) is 2. The molecule has 0 fully saturated rings. The van der Waals surface area contributed by atoms with Crippen LogP contribution in [0.15, 0.2) is 12.2 Å². The molecule has 142 valence electrons. The van der Waals surface area contributed by atoms with Crippen molar-refractivity contribution in [2.45, 2.75) is 33.4 Å². The molecule has 8 nitrogen and oxygen atoms in total. The molecule has 0 aromatic carbocycles. The van der Waals surface area contributed by atoms with Crippen LogP contribution in [-0.2, 0) is 14.4 Å². The smallest absolute Gasteiger partial charge is 0.300 e. The van der Waals surface area contributed by atoms with Gasteiger partial charge in [-0.05, 0) is 27.4 Å². The van der Waals surface area contributed by atoms with Crippen LogP contribution in [0.5, 0.6) is 0 Å². The minimum atomic E-state index is -1.00. The van der Waals surface area contributed by atoms with Crippen LogP contribution in [0.25, 0.3) is 0 Å². The molecule has 0 aromatic rings. The number of quaternary nitrogens is 1. The summed E-state index contributed by atoms with van der Waals surface area (Å²) in [5.41, 5.74) is 0.551. The van der Waals surface area contributed by atoms with Gasteiger partial charge in [0.2, 0.25) is 5.91 Å². The van der Waals surface area contributed by atoms with Crippen molar-refractivity contribution in [3.63, 3.8) is 0 Å². The quantitative estimate of drug-likeness (QED) is 0.381. The molecule has 0 radical (unpaired) electrons. The monoisotopic (exact) mass is 347 g/mol. The van der Waals surface area contributed by atoms with Crippen LogP contribution < -0.4 is 10.4 Å². The first-order valence-electron chi connectivity index (χ1n) is 7.46. The first-order chi connectivity index (χ1) is 10.6. The Morgan fingerprint density at radius 1 is 1.21 bits per heavy atom. The largest absolute Gasteiger partial charge is 0.544 e. The minimum Gasteiger partial charge on any atom is -0.544 e. The number of hydrogen-bond acceptors (Lipinski definition) is 5. The average molecular weight is 347 g/mol. The molecule has 0 spiro atoms. The standard InChI is InChI=1S/C9H18N2O.C5H11NO2.C2H4O2/c1-6-8(11(4)5)10-9(12)7(2)3;1-6(2,3)4-5(7)8;1-2(3)4/h8H,2,6H2,1,3-5H3,(H,10,12);4H2,1-3H3;1H3,(H,3,4). The molecule has 0 saturated heterocycles. The lowest BCUT2D eigenvalue weighted by Gasteiger charge is -2.23. The molecule has 1 unspecified atom stereocenters. The highest BCUT2D eigenvalue weighted by Gasteiger charge is 2.11. The molecule has 0 rings (SSSR count). The maximum absolute atomic E-state index is 11.2. The third kappa shape index (κ3) is 25.0. The van der Waals surface area contributed by atoms with Gasteiger partial charge < -0.3 is 24.8 Å². The fourth-order valence-electron chi connectivity index (χ4n) is 1.26. The van der Waals surface area contributed by atoms with Gasteiger partial charge in [0.1, 0.15) is 6.54 Å². The van der Waals surface area contributed by atoms with Crippen molar-refractivity contribution >= 4 is 17.8 Å². The number of nitrogens with one attached hydrogen (secondary N) is 1. The van der Waals surface area contributed by atoms with Crippen LogP contribution in [0.4, 0.5) is 0 Å². The van der Waals surface area contributed by atoms with Gasteiger partial charge in [-0.1, -0.05) is 13.5 Å². The summed E-state index contributed by atoms with van der Waals surface area (Å²) in [6.07, 6.45) is 1.00. The average Bonchev–Trinajstić information content (AvgIpc) is 2.31. The van der Waals surface area contributed by atoms with Gasteiger partial charge in [-0.15, -0.1) is 0 Å². The summed E-state index contributed by atoms with van der Waals surface area (Å²) in [5.74, 6) is -1.91. The molecule has 0 aliphatic rings. The summed E-state index contributed by atoms with van der Waals surface area (Å²) >= 11 is 0. The lowest BCUT2D eigenvalue weighted by atomic mass is 10.3. The van der Waals surface area contributed by atoms with Crippen LogP contribution in [-0.4, -0.2) is 80.3 Å². The molecular formula is C16H33N3O5. The highest BCUT2D eigenvalue weighted by atomic mass is 16.4. The van der Waals surface area contributed by atoms with Gasteiger partial charge in [0.25, 0.3) is 5.97 Å². The van der Waals surface area contributed by atoms with E-state index in [2.05, 4.69) is 11.9 Å². The van der Waals surface area contributed by atoms with E-state index < -0.39 is 11.9 Å². The predicted octanol–water partition coefficient (Wildman–Crippen LogP) is -0.490. The third-order valence-electron chi connectivity index (χ3n) is 2.30. The first-order valence-corrected chi connectivity index (χ1v) is 7.46. The summed E-state index contributed by atoms with van der Waals surface area (Å²) in [4.78, 5) is 32.0. The van der Waals surface area contributed by atoms with Crippen LogP contribution in [0, 0.1) is 0 Å². The lowest BCUT2D eigenvalue weighted by Crippen LogP contribution is -2.45. The van der Waals surface area contributed by atoms with E-state index in [1.807, 2.05) is 25.9 Å². The Morgan fingerprint density at radius 2 is 1.58 bits per heavy atom. The Labute approximate surface area is 145 Å². The van der Waals surface area contributed by atoms with Gasteiger partial charge in [0, 0.05) is 12.5 Å². The predicted molar refractivity (Wildman–Crippen MR) is 91.9 cm³/mol. The van der Waals surface area contributed by atoms with Crippen LogP contribution >= 0.6 is 0 Å². The van der Waals surface area contributed by atoms with E-state index in [1.54, 1.807) is 28.1 Å². The zero-order valence-corrected chi connectivity index (χ0v) is 16.2. The number of carboxylic acids is 2. The molecule has 0 aliphatic heterocycles. The molecule has 0 aromatic heterocycles. The molecule has 1 atom stereocenters. The number of rotatable bonds is 6.